The van der Waals surface area contributed by atoms with Gasteiger partial charge in [-0.05, 0) is 37.3 Å². The van der Waals surface area contributed by atoms with E-state index < -0.39 is 0 Å². The summed E-state index contributed by atoms with van der Waals surface area (Å²) >= 11 is 0. The normalized spacial score (nSPS) is 13.7. The fourth-order valence-corrected chi connectivity index (χ4v) is 4.32. The second-order valence-electron chi connectivity index (χ2n) is 8.79. The van der Waals surface area contributed by atoms with E-state index in [4.69, 9.17) is 4.52 Å². The summed E-state index contributed by atoms with van der Waals surface area (Å²) in [6.45, 7) is 2.80. The first-order valence-corrected chi connectivity index (χ1v) is 11.7. The van der Waals surface area contributed by atoms with Gasteiger partial charge in [-0.1, -0.05) is 78.2 Å². The largest absolute Gasteiger partial charge is 0.359 e. The summed E-state index contributed by atoms with van der Waals surface area (Å²) in [5, 5.41) is 6.83. The van der Waals surface area contributed by atoms with Crippen LogP contribution in [0.4, 0.5) is 0 Å². The molecule has 1 aliphatic rings. The van der Waals surface area contributed by atoms with E-state index in [-0.39, 0.29) is 23.6 Å². The molecule has 1 aliphatic carbocycles. The van der Waals surface area contributed by atoms with Gasteiger partial charge in [0.15, 0.2) is 11.5 Å². The first kappa shape index (κ1) is 22.8. The lowest BCUT2D eigenvalue weighted by Crippen LogP contribution is -2.38. The van der Waals surface area contributed by atoms with E-state index in [1.807, 2.05) is 66.4 Å². The molecule has 0 atom stereocenters. The van der Waals surface area contributed by atoms with Crippen LogP contribution in [0.2, 0.25) is 0 Å². The number of amides is 2. The average Bonchev–Trinajstić information content (AvgIpc) is 3.53. The van der Waals surface area contributed by atoms with Crippen molar-refractivity contribution in [2.45, 2.75) is 64.6 Å². The highest BCUT2D eigenvalue weighted by atomic mass is 16.5. The van der Waals surface area contributed by atoms with Crippen LogP contribution in [0.25, 0.3) is 0 Å². The van der Waals surface area contributed by atoms with Crippen LogP contribution in [-0.2, 0) is 24.3 Å². The molecule has 2 amide bonds. The number of nitrogens with zero attached hydrogens (tertiary/aromatic N) is 2. The molecule has 6 nitrogen and oxygen atoms in total. The summed E-state index contributed by atoms with van der Waals surface area (Å²) in [6, 6.07) is 19.9. The number of benzene rings is 2. The highest BCUT2D eigenvalue weighted by Gasteiger charge is 2.28. The average molecular weight is 446 g/mol. The predicted octanol–water partition coefficient (Wildman–Crippen LogP) is 4.82. The van der Waals surface area contributed by atoms with E-state index in [2.05, 4.69) is 10.5 Å². The molecule has 0 radical (unpaired) electrons. The maximum Gasteiger partial charge on any atom is 0.273 e. The minimum atomic E-state index is -0.284. The standard InChI is InChI=1S/C27H31N3O3/c1-20-11-13-22(14-12-20)18-28-27(32)25-17-24(33-29-25)19-30(23-9-5-6-10-23)26(31)16-15-21-7-3-2-4-8-21/h2-4,7-8,11-14,17,23H,5-6,9-10,15-16,18-19H2,1H3,(H,28,32). The van der Waals surface area contributed by atoms with E-state index >= 15 is 0 Å². The third kappa shape index (κ3) is 6.31. The van der Waals surface area contributed by atoms with E-state index in [0.717, 1.165) is 36.8 Å². The topological polar surface area (TPSA) is 75.4 Å². The molecule has 1 heterocycles. The Balaban J connectivity index is 1.36. The van der Waals surface area contributed by atoms with Crippen molar-refractivity contribution in [3.05, 3.63) is 88.8 Å². The summed E-state index contributed by atoms with van der Waals surface area (Å²) < 4.78 is 5.45. The summed E-state index contributed by atoms with van der Waals surface area (Å²) in [6.07, 6.45) is 5.46. The quantitative estimate of drug-likeness (QED) is 0.513. The fourth-order valence-electron chi connectivity index (χ4n) is 4.32. The van der Waals surface area contributed by atoms with E-state index in [1.54, 1.807) is 6.07 Å². The molecule has 1 N–H and O–H groups in total. The Bertz CT molecular complexity index is 1050. The second kappa shape index (κ2) is 10.9. The lowest BCUT2D eigenvalue weighted by Gasteiger charge is -2.28. The van der Waals surface area contributed by atoms with E-state index in [0.29, 0.717) is 31.7 Å². The van der Waals surface area contributed by atoms with Crippen molar-refractivity contribution in [1.29, 1.82) is 0 Å². The summed E-state index contributed by atoms with van der Waals surface area (Å²) in [7, 11) is 0. The molecule has 0 saturated heterocycles. The molecule has 4 rings (SSSR count). The van der Waals surface area contributed by atoms with Crippen molar-refractivity contribution in [3.8, 4) is 0 Å². The van der Waals surface area contributed by atoms with Crippen molar-refractivity contribution >= 4 is 11.8 Å². The molecule has 0 aliphatic heterocycles. The third-order valence-corrected chi connectivity index (χ3v) is 6.25. The van der Waals surface area contributed by atoms with Gasteiger partial charge >= 0.3 is 0 Å². The van der Waals surface area contributed by atoms with Crippen LogP contribution >= 0.6 is 0 Å². The lowest BCUT2D eigenvalue weighted by molar-refractivity contribution is -0.134. The van der Waals surface area contributed by atoms with Gasteiger partial charge in [-0.25, -0.2) is 0 Å². The number of aromatic nitrogens is 1. The van der Waals surface area contributed by atoms with Crippen molar-refractivity contribution < 1.29 is 14.1 Å². The molecule has 3 aromatic rings. The van der Waals surface area contributed by atoms with Gasteiger partial charge in [0.05, 0.1) is 6.54 Å². The van der Waals surface area contributed by atoms with Crippen LogP contribution in [0.15, 0.2) is 65.2 Å². The first-order valence-electron chi connectivity index (χ1n) is 11.7. The Morgan fingerprint density at radius 1 is 1.03 bits per heavy atom. The number of rotatable bonds is 9. The smallest absolute Gasteiger partial charge is 0.273 e. The van der Waals surface area contributed by atoms with Crippen LogP contribution in [0.1, 0.15) is 65.0 Å². The van der Waals surface area contributed by atoms with Gasteiger partial charge in [0, 0.05) is 25.1 Å². The van der Waals surface area contributed by atoms with Gasteiger partial charge in [0.1, 0.15) is 0 Å². The van der Waals surface area contributed by atoms with E-state index in [1.165, 1.54) is 5.56 Å². The van der Waals surface area contributed by atoms with Gasteiger partial charge in [0.2, 0.25) is 5.91 Å². The van der Waals surface area contributed by atoms with Crippen molar-refractivity contribution in [1.82, 2.24) is 15.4 Å². The Kier molecular flexibility index (Phi) is 7.55. The van der Waals surface area contributed by atoms with Crippen LogP contribution in [0, 0.1) is 6.92 Å². The lowest BCUT2D eigenvalue weighted by atomic mass is 10.1. The van der Waals surface area contributed by atoms with Crippen LogP contribution in [0.5, 0.6) is 0 Å². The highest BCUT2D eigenvalue weighted by Crippen LogP contribution is 2.26. The predicted molar refractivity (Wildman–Crippen MR) is 126 cm³/mol. The van der Waals surface area contributed by atoms with Crippen LogP contribution < -0.4 is 5.32 Å². The fraction of sp³-hybridized carbons (Fsp3) is 0.370. The van der Waals surface area contributed by atoms with Crippen molar-refractivity contribution in [2.75, 3.05) is 0 Å². The van der Waals surface area contributed by atoms with Crippen molar-refractivity contribution in [3.63, 3.8) is 0 Å². The number of carbonyl (C=O) groups is 2. The zero-order chi connectivity index (χ0) is 23.0. The molecule has 0 bridgehead atoms. The minimum absolute atomic E-state index is 0.118. The van der Waals surface area contributed by atoms with Gasteiger partial charge in [-0.2, -0.15) is 0 Å². The third-order valence-electron chi connectivity index (χ3n) is 6.25. The van der Waals surface area contributed by atoms with Gasteiger partial charge in [-0.3, -0.25) is 9.59 Å². The summed E-state index contributed by atoms with van der Waals surface area (Å²) in [5.41, 5.74) is 3.59. The molecule has 0 spiro atoms. The molecule has 1 aromatic heterocycles. The molecule has 0 unspecified atom stereocenters. The zero-order valence-corrected chi connectivity index (χ0v) is 19.1. The Hall–Kier alpha value is -3.41. The number of hydrogen-bond donors (Lipinski definition) is 1. The summed E-state index contributed by atoms with van der Waals surface area (Å²) in [4.78, 5) is 27.6. The Morgan fingerprint density at radius 3 is 2.48 bits per heavy atom. The number of aryl methyl sites for hydroxylation is 2. The molecule has 6 heteroatoms. The number of carbonyl (C=O) groups excluding carboxylic acids is 2. The van der Waals surface area contributed by atoms with Crippen LogP contribution in [-0.4, -0.2) is 27.9 Å². The second-order valence-corrected chi connectivity index (χ2v) is 8.79. The van der Waals surface area contributed by atoms with Crippen LogP contribution in [0.3, 0.4) is 0 Å². The minimum Gasteiger partial charge on any atom is -0.359 e. The molecule has 33 heavy (non-hydrogen) atoms. The van der Waals surface area contributed by atoms with Gasteiger partial charge in [-0.15, -0.1) is 0 Å². The van der Waals surface area contributed by atoms with Crippen molar-refractivity contribution in [2.24, 2.45) is 0 Å². The number of nitrogens with one attached hydrogen (secondary N) is 1. The Morgan fingerprint density at radius 2 is 1.76 bits per heavy atom. The molecule has 1 fully saturated rings. The molecule has 172 valence electrons. The summed E-state index contributed by atoms with van der Waals surface area (Å²) in [5.74, 6) is 0.372. The van der Waals surface area contributed by atoms with Gasteiger partial charge in [0.25, 0.3) is 5.91 Å². The first-order chi connectivity index (χ1) is 16.1. The molecular weight excluding hydrogens is 414 g/mol. The van der Waals surface area contributed by atoms with E-state index in [9.17, 15) is 9.59 Å². The Labute approximate surface area is 195 Å². The molecule has 2 aromatic carbocycles. The van der Waals surface area contributed by atoms with Gasteiger partial charge < -0.3 is 14.7 Å². The monoisotopic (exact) mass is 445 g/mol. The maximum absolute atomic E-state index is 13.1. The maximum atomic E-state index is 13.1. The number of hydrogen-bond acceptors (Lipinski definition) is 4. The zero-order valence-electron chi connectivity index (χ0n) is 19.1. The molecule has 1 saturated carbocycles. The highest BCUT2D eigenvalue weighted by molar-refractivity contribution is 5.92. The SMILES string of the molecule is Cc1ccc(CNC(=O)c2cc(CN(C(=O)CCc3ccccc3)C3CCCC3)on2)cc1. The molecular formula is C27H31N3O3.